The highest BCUT2D eigenvalue weighted by atomic mass is 31.2. The van der Waals surface area contributed by atoms with Gasteiger partial charge in [-0.25, -0.2) is 4.79 Å². The minimum atomic E-state index is -3.26. The fourth-order valence-electron chi connectivity index (χ4n) is 0.845. The van der Waals surface area contributed by atoms with E-state index in [9.17, 15) is 14.2 Å². The van der Waals surface area contributed by atoms with Crippen LogP contribution in [0.2, 0.25) is 0 Å². The Labute approximate surface area is 94.1 Å². The van der Waals surface area contributed by atoms with Crippen LogP contribution < -0.4 is 5.32 Å². The van der Waals surface area contributed by atoms with Gasteiger partial charge in [0.1, 0.15) is 5.70 Å². The van der Waals surface area contributed by atoms with Crippen LogP contribution >= 0.6 is 7.37 Å². The van der Waals surface area contributed by atoms with Crippen LogP contribution in [0.15, 0.2) is 11.8 Å². The highest BCUT2D eigenvalue weighted by molar-refractivity contribution is 7.57. The van der Waals surface area contributed by atoms with E-state index in [-0.39, 0.29) is 18.5 Å². The van der Waals surface area contributed by atoms with Crippen molar-refractivity contribution in [2.75, 3.05) is 19.4 Å². The molecule has 0 heterocycles. The van der Waals surface area contributed by atoms with Gasteiger partial charge in [-0.1, -0.05) is 0 Å². The summed E-state index contributed by atoms with van der Waals surface area (Å²) in [5.74, 6) is -1.16. The average Bonchev–Trinajstić information content (AvgIpc) is 2.10. The Morgan fingerprint density at radius 2 is 2.06 bits per heavy atom. The molecule has 0 aliphatic rings. The number of rotatable bonds is 5. The Bertz CT molecular complexity index is 344. The first-order valence-corrected chi connectivity index (χ1v) is 6.99. The Kier molecular flexibility index (Phi) is 6.00. The van der Waals surface area contributed by atoms with Crippen LogP contribution in [0.25, 0.3) is 0 Å². The molecule has 6 nitrogen and oxygen atoms in total. The quantitative estimate of drug-likeness (QED) is 0.419. The maximum Gasteiger partial charge on any atom is 0.354 e. The molecule has 0 radical (unpaired) electrons. The van der Waals surface area contributed by atoms with E-state index in [1.807, 2.05) is 0 Å². The molecule has 1 unspecified atom stereocenters. The summed E-state index contributed by atoms with van der Waals surface area (Å²) < 4.78 is 15.7. The molecule has 92 valence electrons. The number of nitrogens with one attached hydrogen (secondary N) is 1. The molecule has 7 heteroatoms. The second kappa shape index (κ2) is 6.45. The smallest absolute Gasteiger partial charge is 0.354 e. The van der Waals surface area contributed by atoms with Crippen LogP contribution in [0, 0.1) is 0 Å². The zero-order valence-corrected chi connectivity index (χ0v) is 10.4. The highest BCUT2D eigenvalue weighted by Gasteiger charge is 2.14. The van der Waals surface area contributed by atoms with Crippen molar-refractivity contribution in [2.24, 2.45) is 0 Å². The fourth-order valence-corrected chi connectivity index (χ4v) is 1.37. The third-order valence-corrected chi connectivity index (χ3v) is 2.30. The summed E-state index contributed by atoms with van der Waals surface area (Å²) in [6, 6.07) is 0. The maximum absolute atomic E-state index is 11.3. The summed E-state index contributed by atoms with van der Waals surface area (Å²) in [6.07, 6.45) is 1.00. The summed E-state index contributed by atoms with van der Waals surface area (Å²) in [6.45, 7) is 4.19. The molecular formula is C9H16NO5P. The van der Waals surface area contributed by atoms with Crippen molar-refractivity contribution in [3.05, 3.63) is 11.8 Å². The van der Waals surface area contributed by atoms with Crippen molar-refractivity contribution in [1.82, 2.24) is 5.32 Å². The van der Waals surface area contributed by atoms with Crippen molar-refractivity contribution < 1.29 is 23.8 Å². The van der Waals surface area contributed by atoms with Gasteiger partial charge in [0.2, 0.25) is 13.3 Å². The first kappa shape index (κ1) is 14.9. The van der Waals surface area contributed by atoms with Gasteiger partial charge in [0.25, 0.3) is 0 Å². The Morgan fingerprint density at radius 3 is 2.44 bits per heavy atom. The molecule has 2 N–H and O–H groups in total. The molecule has 0 aromatic rings. The highest BCUT2D eigenvalue weighted by Crippen LogP contribution is 2.34. The van der Waals surface area contributed by atoms with Crippen molar-refractivity contribution in [3.63, 3.8) is 0 Å². The van der Waals surface area contributed by atoms with E-state index < -0.39 is 19.2 Å². The summed E-state index contributed by atoms with van der Waals surface area (Å²) >= 11 is 0. The van der Waals surface area contributed by atoms with Crippen LogP contribution in [0.4, 0.5) is 0 Å². The van der Waals surface area contributed by atoms with Crippen LogP contribution in [0.5, 0.6) is 0 Å². The van der Waals surface area contributed by atoms with Crippen LogP contribution in [-0.4, -0.2) is 36.2 Å². The molecule has 0 aliphatic carbocycles. The first-order valence-electron chi connectivity index (χ1n) is 4.70. The second-order valence-corrected chi connectivity index (χ2v) is 5.72. The molecule has 1 amide bonds. The lowest BCUT2D eigenvalue weighted by molar-refractivity contribution is -0.140. The van der Waals surface area contributed by atoms with E-state index in [1.54, 1.807) is 6.92 Å². The molecule has 16 heavy (non-hydrogen) atoms. The molecule has 0 rings (SSSR count). The Morgan fingerprint density at radius 1 is 1.50 bits per heavy atom. The van der Waals surface area contributed by atoms with Crippen LogP contribution in [0.3, 0.4) is 0 Å². The largest absolute Gasteiger partial charge is 0.461 e. The maximum atomic E-state index is 11.3. The SMILES string of the molecule is CCOC(=O)/C(=C/CP(C)(=O)O)NC(C)=O. The van der Waals surface area contributed by atoms with Crippen LogP contribution in [0.1, 0.15) is 13.8 Å². The molecule has 0 aromatic carbocycles. The molecule has 1 atom stereocenters. The minimum Gasteiger partial charge on any atom is -0.461 e. The van der Waals surface area contributed by atoms with Gasteiger partial charge >= 0.3 is 5.97 Å². The number of esters is 1. The van der Waals surface area contributed by atoms with Gasteiger partial charge in [-0.3, -0.25) is 9.36 Å². The van der Waals surface area contributed by atoms with E-state index in [1.165, 1.54) is 19.7 Å². The van der Waals surface area contributed by atoms with Crippen molar-refractivity contribution in [1.29, 1.82) is 0 Å². The van der Waals surface area contributed by atoms with Crippen molar-refractivity contribution >= 4 is 19.2 Å². The first-order chi connectivity index (χ1) is 7.26. The zero-order valence-electron chi connectivity index (χ0n) is 9.52. The molecular weight excluding hydrogens is 233 g/mol. The third kappa shape index (κ3) is 7.20. The summed E-state index contributed by atoms with van der Waals surface area (Å²) in [4.78, 5) is 31.2. The van der Waals surface area contributed by atoms with Gasteiger partial charge in [0.15, 0.2) is 0 Å². The summed E-state index contributed by atoms with van der Waals surface area (Å²) in [5.41, 5.74) is -0.106. The Balaban J connectivity index is 4.72. The van der Waals surface area contributed by atoms with Crippen molar-refractivity contribution in [3.8, 4) is 0 Å². The Hall–Kier alpha value is -1.13. The topological polar surface area (TPSA) is 92.7 Å². The molecule has 0 bridgehead atoms. The number of hydrogen-bond donors (Lipinski definition) is 2. The predicted octanol–water partition coefficient (Wildman–Crippen LogP) is 0.470. The molecule has 0 spiro atoms. The van der Waals surface area contributed by atoms with Crippen molar-refractivity contribution in [2.45, 2.75) is 13.8 Å². The van der Waals surface area contributed by atoms with Gasteiger partial charge in [-0.2, -0.15) is 0 Å². The lowest BCUT2D eigenvalue weighted by Crippen LogP contribution is -2.26. The second-order valence-electron chi connectivity index (χ2n) is 3.25. The molecule has 0 fully saturated rings. The van der Waals surface area contributed by atoms with Gasteiger partial charge in [0, 0.05) is 19.8 Å². The molecule has 0 aliphatic heterocycles. The summed E-state index contributed by atoms with van der Waals surface area (Å²) in [5, 5.41) is 2.25. The number of carbonyl (C=O) groups excluding carboxylic acids is 2. The standard InChI is InChI=1S/C9H16NO5P/c1-4-15-9(12)8(10-7(2)11)5-6-16(3,13)14/h5H,4,6H2,1-3H3,(H,10,11)(H,13,14)/b8-5-. The number of carbonyl (C=O) groups is 2. The van der Waals surface area contributed by atoms with Gasteiger partial charge in [-0.15, -0.1) is 0 Å². The lowest BCUT2D eigenvalue weighted by atomic mass is 10.4. The normalized spacial score (nSPS) is 15.1. The minimum absolute atomic E-state index is 0.106. The molecule has 0 saturated heterocycles. The fraction of sp³-hybridized carbons (Fsp3) is 0.556. The lowest BCUT2D eigenvalue weighted by Gasteiger charge is -2.08. The number of amides is 1. The molecule has 0 saturated carbocycles. The van der Waals surface area contributed by atoms with E-state index >= 15 is 0 Å². The predicted molar refractivity (Wildman–Crippen MR) is 59.1 cm³/mol. The number of hydrogen-bond acceptors (Lipinski definition) is 4. The van der Waals surface area contributed by atoms with Crippen LogP contribution in [-0.2, 0) is 18.9 Å². The molecule has 0 aromatic heterocycles. The number of ether oxygens (including phenoxy) is 1. The number of allylic oxidation sites excluding steroid dienone is 1. The van der Waals surface area contributed by atoms with E-state index in [4.69, 9.17) is 4.89 Å². The van der Waals surface area contributed by atoms with E-state index in [0.717, 1.165) is 0 Å². The average molecular weight is 249 g/mol. The van der Waals surface area contributed by atoms with E-state index in [0.29, 0.717) is 0 Å². The van der Waals surface area contributed by atoms with Gasteiger partial charge in [-0.05, 0) is 13.0 Å². The van der Waals surface area contributed by atoms with Gasteiger partial charge in [0.05, 0.1) is 6.61 Å². The zero-order chi connectivity index (χ0) is 12.8. The third-order valence-electron chi connectivity index (χ3n) is 1.44. The summed E-state index contributed by atoms with van der Waals surface area (Å²) in [7, 11) is -3.26. The van der Waals surface area contributed by atoms with E-state index in [2.05, 4.69) is 10.1 Å². The monoisotopic (exact) mass is 249 g/mol. The van der Waals surface area contributed by atoms with Gasteiger partial charge < -0.3 is 14.9 Å².